The minimum Gasteiger partial charge on any atom is -0.312 e. The Labute approximate surface area is 121 Å². The second-order valence-corrected chi connectivity index (χ2v) is 6.30. The van der Waals surface area contributed by atoms with E-state index in [0.717, 1.165) is 21.3 Å². The Balaban J connectivity index is 2.43. The van der Waals surface area contributed by atoms with Crippen molar-refractivity contribution in [2.75, 3.05) is 12.8 Å². The lowest BCUT2D eigenvalue weighted by molar-refractivity contribution is 0.625. The summed E-state index contributed by atoms with van der Waals surface area (Å²) in [6, 6.07) is 5.38. The Bertz CT molecular complexity index is 554. The van der Waals surface area contributed by atoms with E-state index in [9.17, 15) is 4.39 Å². The Kier molecular flexibility index (Phi) is 4.96. The lowest BCUT2D eigenvalue weighted by Gasteiger charge is -2.08. The van der Waals surface area contributed by atoms with Gasteiger partial charge < -0.3 is 5.32 Å². The van der Waals surface area contributed by atoms with E-state index in [2.05, 4.69) is 17.2 Å². The van der Waals surface area contributed by atoms with E-state index in [4.69, 9.17) is 0 Å². The standard InChI is InChI=1S/C14H17FN2S2/c1-4-18-12-7-5-6-10(15)13(12)14-17-11(8-19-14)9(2)16-3/h5-9,16H,4H2,1-3H3. The van der Waals surface area contributed by atoms with Gasteiger partial charge in [-0.3, -0.25) is 0 Å². The molecule has 1 aromatic heterocycles. The van der Waals surface area contributed by atoms with Gasteiger partial charge in [0, 0.05) is 16.3 Å². The predicted molar refractivity (Wildman–Crippen MR) is 81.4 cm³/mol. The Hall–Kier alpha value is -0.910. The molecule has 0 spiro atoms. The molecule has 0 aliphatic rings. The van der Waals surface area contributed by atoms with Crippen molar-refractivity contribution >= 4 is 23.1 Å². The van der Waals surface area contributed by atoms with Gasteiger partial charge in [-0.05, 0) is 31.9 Å². The minimum atomic E-state index is -0.198. The number of hydrogen-bond acceptors (Lipinski definition) is 4. The largest absolute Gasteiger partial charge is 0.312 e. The summed E-state index contributed by atoms with van der Waals surface area (Å²) in [5, 5.41) is 5.89. The summed E-state index contributed by atoms with van der Waals surface area (Å²) in [5.74, 6) is 0.721. The van der Waals surface area contributed by atoms with Crippen molar-refractivity contribution in [2.24, 2.45) is 0 Å². The van der Waals surface area contributed by atoms with E-state index in [1.807, 2.05) is 25.4 Å². The molecule has 2 nitrogen and oxygen atoms in total. The molecule has 1 N–H and O–H groups in total. The van der Waals surface area contributed by atoms with Gasteiger partial charge >= 0.3 is 0 Å². The van der Waals surface area contributed by atoms with Gasteiger partial charge in [0.2, 0.25) is 0 Å². The average Bonchev–Trinajstić information content (AvgIpc) is 2.87. The fraction of sp³-hybridized carbons (Fsp3) is 0.357. The van der Waals surface area contributed by atoms with E-state index in [1.165, 1.54) is 17.4 Å². The zero-order valence-electron chi connectivity index (χ0n) is 11.2. The lowest BCUT2D eigenvalue weighted by atomic mass is 10.2. The third kappa shape index (κ3) is 3.16. The summed E-state index contributed by atoms with van der Waals surface area (Å²) in [5.41, 5.74) is 1.59. The monoisotopic (exact) mass is 296 g/mol. The van der Waals surface area contributed by atoms with Crippen molar-refractivity contribution in [3.63, 3.8) is 0 Å². The highest BCUT2D eigenvalue weighted by molar-refractivity contribution is 7.99. The minimum absolute atomic E-state index is 0.180. The second-order valence-electron chi connectivity index (χ2n) is 4.13. The zero-order chi connectivity index (χ0) is 13.8. The number of benzene rings is 1. The van der Waals surface area contributed by atoms with Gasteiger partial charge in [0.05, 0.1) is 11.3 Å². The van der Waals surface area contributed by atoms with E-state index >= 15 is 0 Å². The Morgan fingerprint density at radius 1 is 1.47 bits per heavy atom. The molecule has 5 heteroatoms. The first-order chi connectivity index (χ1) is 9.17. The molecule has 2 aromatic rings. The second kappa shape index (κ2) is 6.50. The molecule has 1 atom stereocenters. The van der Waals surface area contributed by atoms with Crippen LogP contribution in [0.3, 0.4) is 0 Å². The summed E-state index contributed by atoms with van der Waals surface area (Å²) in [6.07, 6.45) is 0. The smallest absolute Gasteiger partial charge is 0.134 e. The topological polar surface area (TPSA) is 24.9 Å². The van der Waals surface area contributed by atoms with E-state index < -0.39 is 0 Å². The number of rotatable bonds is 5. The number of nitrogens with one attached hydrogen (secondary N) is 1. The number of nitrogens with zero attached hydrogens (tertiary/aromatic N) is 1. The summed E-state index contributed by atoms with van der Waals surface area (Å²) in [7, 11) is 1.89. The third-order valence-electron chi connectivity index (χ3n) is 2.89. The molecular formula is C14H17FN2S2. The van der Waals surface area contributed by atoms with Crippen molar-refractivity contribution < 1.29 is 4.39 Å². The number of hydrogen-bond donors (Lipinski definition) is 1. The molecule has 1 heterocycles. The quantitative estimate of drug-likeness (QED) is 0.831. The van der Waals surface area contributed by atoms with Crippen molar-refractivity contribution in [1.29, 1.82) is 0 Å². The van der Waals surface area contributed by atoms with E-state index in [0.29, 0.717) is 5.56 Å². The third-order valence-corrected chi connectivity index (χ3v) is 4.71. The fourth-order valence-corrected chi connectivity index (χ4v) is 3.60. The first-order valence-electron chi connectivity index (χ1n) is 6.21. The highest BCUT2D eigenvalue weighted by Gasteiger charge is 2.16. The highest BCUT2D eigenvalue weighted by Crippen LogP contribution is 2.36. The maximum atomic E-state index is 14.1. The van der Waals surface area contributed by atoms with Crippen molar-refractivity contribution in [3.05, 3.63) is 35.1 Å². The molecule has 0 fully saturated rings. The molecular weight excluding hydrogens is 279 g/mol. The molecule has 1 unspecified atom stereocenters. The molecule has 0 radical (unpaired) electrons. The van der Waals surface area contributed by atoms with Crippen LogP contribution in [0.2, 0.25) is 0 Å². The van der Waals surface area contributed by atoms with Crippen LogP contribution < -0.4 is 5.32 Å². The lowest BCUT2D eigenvalue weighted by Crippen LogP contribution is -2.12. The van der Waals surface area contributed by atoms with Crippen molar-refractivity contribution in [3.8, 4) is 10.6 Å². The van der Waals surface area contributed by atoms with Gasteiger partial charge in [-0.1, -0.05) is 13.0 Å². The zero-order valence-corrected chi connectivity index (χ0v) is 12.9. The molecule has 1 aromatic carbocycles. The Morgan fingerprint density at radius 3 is 2.95 bits per heavy atom. The van der Waals surface area contributed by atoms with Gasteiger partial charge in [-0.2, -0.15) is 0 Å². The molecule has 0 amide bonds. The Morgan fingerprint density at radius 2 is 2.26 bits per heavy atom. The molecule has 102 valence electrons. The normalized spacial score (nSPS) is 12.6. The van der Waals surface area contributed by atoms with Crippen LogP contribution in [-0.2, 0) is 0 Å². The maximum Gasteiger partial charge on any atom is 0.134 e. The van der Waals surface area contributed by atoms with Crippen molar-refractivity contribution in [1.82, 2.24) is 10.3 Å². The van der Waals surface area contributed by atoms with Crippen molar-refractivity contribution in [2.45, 2.75) is 24.8 Å². The SMILES string of the molecule is CCSc1cccc(F)c1-c1nc(C(C)NC)cs1. The summed E-state index contributed by atoms with van der Waals surface area (Å²) in [4.78, 5) is 5.52. The van der Waals surface area contributed by atoms with Crippen LogP contribution in [0.4, 0.5) is 4.39 Å². The number of halogens is 1. The molecule has 0 saturated heterocycles. The predicted octanol–water partition coefficient (Wildman–Crippen LogP) is 4.34. The molecule has 0 aliphatic heterocycles. The van der Waals surface area contributed by atoms with Crippen LogP contribution in [0, 0.1) is 5.82 Å². The first-order valence-corrected chi connectivity index (χ1v) is 8.08. The first kappa shape index (κ1) is 14.5. The summed E-state index contributed by atoms with van der Waals surface area (Å²) >= 11 is 3.14. The number of thiazole rings is 1. The van der Waals surface area contributed by atoms with Gasteiger partial charge in [0.15, 0.2) is 0 Å². The van der Waals surface area contributed by atoms with Crippen LogP contribution in [0.1, 0.15) is 25.6 Å². The molecule has 2 rings (SSSR count). The fourth-order valence-electron chi connectivity index (χ4n) is 1.74. The van der Waals surface area contributed by atoms with E-state index in [1.54, 1.807) is 17.8 Å². The molecule has 0 aliphatic carbocycles. The van der Waals surface area contributed by atoms with Crippen LogP contribution in [0.5, 0.6) is 0 Å². The molecule has 19 heavy (non-hydrogen) atoms. The van der Waals surface area contributed by atoms with Gasteiger partial charge in [0.1, 0.15) is 10.8 Å². The van der Waals surface area contributed by atoms with E-state index in [-0.39, 0.29) is 11.9 Å². The molecule has 0 bridgehead atoms. The number of aromatic nitrogens is 1. The van der Waals surface area contributed by atoms with Crippen LogP contribution in [0.25, 0.3) is 10.6 Å². The number of thioether (sulfide) groups is 1. The van der Waals surface area contributed by atoms with Gasteiger partial charge in [-0.25, -0.2) is 9.37 Å². The van der Waals surface area contributed by atoms with Crippen LogP contribution in [0.15, 0.2) is 28.5 Å². The highest BCUT2D eigenvalue weighted by atomic mass is 32.2. The maximum absolute atomic E-state index is 14.1. The van der Waals surface area contributed by atoms with Gasteiger partial charge in [0.25, 0.3) is 0 Å². The summed E-state index contributed by atoms with van der Waals surface area (Å²) < 4.78 is 14.1. The summed E-state index contributed by atoms with van der Waals surface area (Å²) in [6.45, 7) is 4.11. The molecule has 0 saturated carbocycles. The van der Waals surface area contributed by atoms with Gasteiger partial charge in [-0.15, -0.1) is 23.1 Å². The van der Waals surface area contributed by atoms with Crippen LogP contribution in [-0.4, -0.2) is 17.8 Å². The van der Waals surface area contributed by atoms with Crippen LogP contribution >= 0.6 is 23.1 Å². The average molecular weight is 296 g/mol.